The molecule has 0 saturated heterocycles. The van der Waals surface area contributed by atoms with E-state index in [9.17, 15) is 0 Å². The molecule has 0 radical (unpaired) electrons. The van der Waals surface area contributed by atoms with Crippen LogP contribution in [0.25, 0.3) is 0 Å². The molecule has 0 atom stereocenters. The van der Waals surface area contributed by atoms with Gasteiger partial charge in [-0.05, 0) is 18.2 Å². The van der Waals surface area contributed by atoms with Crippen LogP contribution in [0.1, 0.15) is 0 Å². The summed E-state index contributed by atoms with van der Waals surface area (Å²) >= 11 is 4.02. The van der Waals surface area contributed by atoms with Crippen molar-refractivity contribution in [3.8, 4) is 0 Å². The molecule has 2 N–H and O–H groups in total. The molecule has 0 heterocycles. The summed E-state index contributed by atoms with van der Waals surface area (Å²) in [5.41, 5.74) is 6.27. The van der Waals surface area contributed by atoms with Crippen molar-refractivity contribution in [1.29, 1.82) is 0 Å². The second-order valence-corrected chi connectivity index (χ2v) is 2.87. The lowest BCUT2D eigenvalue weighted by molar-refractivity contribution is 1.48. The summed E-state index contributed by atoms with van der Waals surface area (Å²) in [6.45, 7) is 0. The Morgan fingerprint density at radius 2 is 2.22 bits per heavy atom. The summed E-state index contributed by atoms with van der Waals surface area (Å²) in [4.78, 5) is 1.08. The Hall–Kier alpha value is -0.280. The minimum atomic E-state index is 0.786. The van der Waals surface area contributed by atoms with E-state index < -0.39 is 0 Å². The number of benzene rings is 1. The van der Waals surface area contributed by atoms with Gasteiger partial charge in [-0.15, -0.1) is 11.7 Å². The molecule has 0 saturated carbocycles. The number of nitrogen functional groups attached to an aromatic ring is 1. The average Bonchev–Trinajstić information content (AvgIpc) is 1.88. The van der Waals surface area contributed by atoms with Crippen LogP contribution in [-0.2, 0) is 0 Å². The fourth-order valence-corrected chi connectivity index (χ4v) is 1.24. The van der Waals surface area contributed by atoms with Gasteiger partial charge < -0.3 is 5.73 Å². The average molecular weight is 157 g/mol. The molecule has 1 aromatic rings. The van der Waals surface area contributed by atoms with E-state index in [0.717, 1.165) is 10.6 Å². The fraction of sp³-hybridized carbons (Fsp3) is 0. The number of nitrogens with two attached hydrogens (primary N) is 1. The maximum Gasteiger partial charge on any atom is 0.0325 e. The number of anilines is 1. The predicted octanol–water partition coefficient (Wildman–Crippen LogP) is 2.21. The smallest absolute Gasteiger partial charge is 0.0325 e. The third kappa shape index (κ3) is 1.84. The molecule has 48 valence electrons. The molecule has 0 aliphatic rings. The molecule has 0 unspecified atom stereocenters. The first kappa shape index (κ1) is 6.83. The van der Waals surface area contributed by atoms with Crippen molar-refractivity contribution in [3.63, 3.8) is 0 Å². The Morgan fingerprint density at radius 3 is 2.67 bits per heavy atom. The second-order valence-electron chi connectivity index (χ2n) is 1.66. The highest BCUT2D eigenvalue weighted by Crippen LogP contribution is 2.22. The largest absolute Gasteiger partial charge is 0.399 e. The molecule has 0 aromatic heterocycles. The Balaban J connectivity index is 2.94. The van der Waals surface area contributed by atoms with Crippen molar-refractivity contribution in [2.24, 2.45) is 0 Å². The Kier molecular flexibility index (Phi) is 2.30. The summed E-state index contributed by atoms with van der Waals surface area (Å²) in [6, 6.07) is 7.62. The highest BCUT2D eigenvalue weighted by Gasteiger charge is 1.87. The van der Waals surface area contributed by atoms with Crippen LogP contribution in [0.3, 0.4) is 0 Å². The van der Waals surface area contributed by atoms with Gasteiger partial charge >= 0.3 is 0 Å². The molecule has 9 heavy (non-hydrogen) atoms. The van der Waals surface area contributed by atoms with Crippen molar-refractivity contribution >= 4 is 28.1 Å². The Morgan fingerprint density at radius 1 is 1.44 bits per heavy atom. The SMILES string of the molecule is Nc1cccc(SS)c1. The van der Waals surface area contributed by atoms with Crippen molar-refractivity contribution < 1.29 is 0 Å². The normalized spacial score (nSPS) is 9.44. The van der Waals surface area contributed by atoms with Crippen LogP contribution >= 0.6 is 22.5 Å². The van der Waals surface area contributed by atoms with Crippen molar-refractivity contribution in [2.75, 3.05) is 5.73 Å². The minimum Gasteiger partial charge on any atom is -0.399 e. The predicted molar refractivity (Wildman–Crippen MR) is 45.7 cm³/mol. The van der Waals surface area contributed by atoms with Gasteiger partial charge in [-0.25, -0.2) is 0 Å². The van der Waals surface area contributed by atoms with Gasteiger partial charge in [0.25, 0.3) is 0 Å². The summed E-state index contributed by atoms with van der Waals surface area (Å²) in [7, 11) is 1.40. The van der Waals surface area contributed by atoms with E-state index in [2.05, 4.69) is 11.7 Å². The Bertz CT molecular complexity index is 200. The standard InChI is InChI=1S/C6H7NS2/c7-5-2-1-3-6(4-5)9-8/h1-4,8H,7H2. The third-order valence-corrected chi connectivity index (χ3v) is 2.06. The van der Waals surface area contributed by atoms with Gasteiger partial charge in [-0.1, -0.05) is 16.9 Å². The van der Waals surface area contributed by atoms with E-state index in [1.807, 2.05) is 24.3 Å². The first-order valence-corrected chi connectivity index (χ1v) is 4.37. The molecule has 1 nitrogen and oxygen atoms in total. The van der Waals surface area contributed by atoms with Crippen LogP contribution < -0.4 is 5.73 Å². The van der Waals surface area contributed by atoms with E-state index in [4.69, 9.17) is 5.73 Å². The maximum absolute atomic E-state index is 5.49. The highest BCUT2D eigenvalue weighted by atomic mass is 33.1. The molecule has 3 heteroatoms. The molecule has 0 aliphatic carbocycles. The minimum absolute atomic E-state index is 0.786. The van der Waals surface area contributed by atoms with Gasteiger partial charge in [0.1, 0.15) is 0 Å². The van der Waals surface area contributed by atoms with Gasteiger partial charge in [-0.3, -0.25) is 0 Å². The number of hydrogen-bond donors (Lipinski definition) is 2. The summed E-state index contributed by atoms with van der Waals surface area (Å²) in [6.07, 6.45) is 0. The number of rotatable bonds is 1. The lowest BCUT2D eigenvalue weighted by Crippen LogP contribution is -1.81. The quantitative estimate of drug-likeness (QED) is 0.371. The first-order chi connectivity index (χ1) is 4.33. The molecule has 0 fully saturated rings. The number of thiol groups is 1. The Labute approximate surface area is 63.4 Å². The van der Waals surface area contributed by atoms with E-state index in [1.165, 1.54) is 10.8 Å². The monoisotopic (exact) mass is 157 g/mol. The molecular weight excluding hydrogens is 150 g/mol. The van der Waals surface area contributed by atoms with Gasteiger partial charge in [0.15, 0.2) is 0 Å². The summed E-state index contributed by atoms with van der Waals surface area (Å²) < 4.78 is 0. The van der Waals surface area contributed by atoms with Gasteiger partial charge in [0, 0.05) is 10.6 Å². The zero-order chi connectivity index (χ0) is 6.69. The van der Waals surface area contributed by atoms with Crippen LogP contribution in [0.5, 0.6) is 0 Å². The molecule has 0 bridgehead atoms. The zero-order valence-corrected chi connectivity index (χ0v) is 6.45. The molecular formula is C6H7NS2. The van der Waals surface area contributed by atoms with Gasteiger partial charge in [-0.2, -0.15) is 0 Å². The van der Waals surface area contributed by atoms with Crippen LogP contribution in [-0.4, -0.2) is 0 Å². The molecule has 0 aliphatic heterocycles. The van der Waals surface area contributed by atoms with Crippen LogP contribution in [0.4, 0.5) is 5.69 Å². The van der Waals surface area contributed by atoms with Crippen LogP contribution in [0.2, 0.25) is 0 Å². The molecule has 1 aromatic carbocycles. The maximum atomic E-state index is 5.49. The van der Waals surface area contributed by atoms with E-state index >= 15 is 0 Å². The van der Waals surface area contributed by atoms with E-state index in [0.29, 0.717) is 0 Å². The van der Waals surface area contributed by atoms with Crippen molar-refractivity contribution in [3.05, 3.63) is 24.3 Å². The summed E-state index contributed by atoms with van der Waals surface area (Å²) in [5, 5.41) is 0. The van der Waals surface area contributed by atoms with Crippen molar-refractivity contribution in [1.82, 2.24) is 0 Å². The molecule has 0 spiro atoms. The molecule has 0 amide bonds. The zero-order valence-electron chi connectivity index (χ0n) is 4.74. The fourth-order valence-electron chi connectivity index (χ4n) is 0.571. The lowest BCUT2D eigenvalue weighted by Gasteiger charge is -1.94. The van der Waals surface area contributed by atoms with E-state index in [-0.39, 0.29) is 0 Å². The molecule has 1 rings (SSSR count). The van der Waals surface area contributed by atoms with Gasteiger partial charge in [0.05, 0.1) is 0 Å². The lowest BCUT2D eigenvalue weighted by atomic mass is 10.3. The highest BCUT2D eigenvalue weighted by molar-refractivity contribution is 8.68. The van der Waals surface area contributed by atoms with Crippen LogP contribution in [0, 0.1) is 0 Å². The topological polar surface area (TPSA) is 26.0 Å². The summed E-state index contributed by atoms with van der Waals surface area (Å²) in [5.74, 6) is 0. The van der Waals surface area contributed by atoms with Crippen LogP contribution in [0.15, 0.2) is 29.2 Å². The van der Waals surface area contributed by atoms with Gasteiger partial charge in [0.2, 0.25) is 0 Å². The van der Waals surface area contributed by atoms with Crippen molar-refractivity contribution in [2.45, 2.75) is 4.90 Å². The second kappa shape index (κ2) is 3.03. The van der Waals surface area contributed by atoms with E-state index in [1.54, 1.807) is 0 Å². The first-order valence-electron chi connectivity index (χ1n) is 2.50. The number of hydrogen-bond acceptors (Lipinski definition) is 3. The third-order valence-electron chi connectivity index (χ3n) is 0.964.